The van der Waals surface area contributed by atoms with Crippen LogP contribution in [0.25, 0.3) is 11.0 Å². The molecular formula is C15H21N5O. The first kappa shape index (κ1) is 13.9. The van der Waals surface area contributed by atoms with Crippen molar-refractivity contribution in [3.05, 3.63) is 30.1 Å². The minimum atomic E-state index is 0.0425. The van der Waals surface area contributed by atoms with Crippen molar-refractivity contribution in [2.24, 2.45) is 0 Å². The van der Waals surface area contributed by atoms with Gasteiger partial charge in [0.15, 0.2) is 0 Å². The molecule has 0 atom stereocenters. The fourth-order valence-corrected chi connectivity index (χ4v) is 2.66. The Bertz CT molecular complexity index is 582. The highest BCUT2D eigenvalue weighted by Crippen LogP contribution is 2.12. The Morgan fingerprint density at radius 3 is 2.76 bits per heavy atom. The van der Waals surface area contributed by atoms with E-state index in [4.69, 9.17) is 0 Å². The molecule has 1 saturated heterocycles. The van der Waals surface area contributed by atoms with Crippen molar-refractivity contribution < 1.29 is 4.79 Å². The number of H-pyrrole nitrogens is 1. The van der Waals surface area contributed by atoms with Crippen molar-refractivity contribution in [1.29, 1.82) is 0 Å². The van der Waals surface area contributed by atoms with Crippen molar-refractivity contribution in [2.45, 2.75) is 13.5 Å². The standard InChI is InChI=1S/C15H21N5O/c1-2-16-15(21)20-9-7-19(8-10-20)11-14-17-12-5-3-4-6-13(12)18-14/h3-6H,2,7-11H2,1H3,(H,16,21)(H,17,18). The van der Waals surface area contributed by atoms with Crippen LogP contribution in [-0.2, 0) is 6.54 Å². The second-order valence-electron chi connectivity index (χ2n) is 5.30. The fourth-order valence-electron chi connectivity index (χ4n) is 2.66. The zero-order chi connectivity index (χ0) is 14.7. The highest BCUT2D eigenvalue weighted by atomic mass is 16.2. The maximum Gasteiger partial charge on any atom is 0.317 e. The molecule has 21 heavy (non-hydrogen) atoms. The van der Waals surface area contributed by atoms with E-state index in [1.165, 1.54) is 0 Å². The van der Waals surface area contributed by atoms with E-state index < -0.39 is 0 Å². The number of nitrogens with one attached hydrogen (secondary N) is 2. The molecule has 0 aliphatic carbocycles. The highest BCUT2D eigenvalue weighted by molar-refractivity contribution is 5.75. The molecule has 1 aliphatic heterocycles. The van der Waals surface area contributed by atoms with Gasteiger partial charge in [-0.2, -0.15) is 0 Å². The van der Waals surface area contributed by atoms with E-state index in [2.05, 4.69) is 20.2 Å². The molecule has 1 aromatic carbocycles. The largest absolute Gasteiger partial charge is 0.341 e. The highest BCUT2D eigenvalue weighted by Gasteiger charge is 2.21. The van der Waals surface area contributed by atoms with Crippen LogP contribution in [-0.4, -0.2) is 58.5 Å². The maximum absolute atomic E-state index is 11.8. The third kappa shape index (κ3) is 3.16. The fraction of sp³-hybridized carbons (Fsp3) is 0.467. The molecular weight excluding hydrogens is 266 g/mol. The van der Waals surface area contributed by atoms with Gasteiger partial charge < -0.3 is 15.2 Å². The van der Waals surface area contributed by atoms with E-state index in [0.717, 1.165) is 49.6 Å². The molecule has 0 bridgehead atoms. The number of benzene rings is 1. The van der Waals surface area contributed by atoms with Gasteiger partial charge in [-0.15, -0.1) is 0 Å². The average Bonchev–Trinajstić information content (AvgIpc) is 2.90. The average molecular weight is 287 g/mol. The lowest BCUT2D eigenvalue weighted by Crippen LogP contribution is -2.51. The lowest BCUT2D eigenvalue weighted by atomic mass is 10.3. The molecule has 2 aromatic rings. The van der Waals surface area contributed by atoms with Gasteiger partial charge in [-0.25, -0.2) is 9.78 Å². The molecule has 0 saturated carbocycles. The first-order valence-electron chi connectivity index (χ1n) is 7.45. The lowest BCUT2D eigenvalue weighted by Gasteiger charge is -2.34. The second kappa shape index (κ2) is 6.13. The summed E-state index contributed by atoms with van der Waals surface area (Å²) in [7, 11) is 0. The summed E-state index contributed by atoms with van der Waals surface area (Å²) in [5.74, 6) is 0.989. The predicted octanol–water partition coefficient (Wildman–Crippen LogP) is 1.41. The number of aromatic amines is 1. The molecule has 2 amide bonds. The molecule has 3 rings (SSSR count). The van der Waals surface area contributed by atoms with Crippen molar-refractivity contribution in [3.63, 3.8) is 0 Å². The first-order valence-corrected chi connectivity index (χ1v) is 7.45. The van der Waals surface area contributed by atoms with E-state index in [0.29, 0.717) is 6.54 Å². The summed E-state index contributed by atoms with van der Waals surface area (Å²) >= 11 is 0. The number of carbonyl (C=O) groups is 1. The quantitative estimate of drug-likeness (QED) is 0.897. The van der Waals surface area contributed by atoms with Gasteiger partial charge in [0.25, 0.3) is 0 Å². The van der Waals surface area contributed by atoms with Gasteiger partial charge >= 0.3 is 6.03 Å². The van der Waals surface area contributed by atoms with Gasteiger partial charge in [-0.05, 0) is 19.1 Å². The molecule has 0 radical (unpaired) electrons. The van der Waals surface area contributed by atoms with Crippen LogP contribution in [0.15, 0.2) is 24.3 Å². The normalized spacial score (nSPS) is 16.3. The Morgan fingerprint density at radius 2 is 2.05 bits per heavy atom. The van der Waals surface area contributed by atoms with E-state index in [1.54, 1.807) is 0 Å². The van der Waals surface area contributed by atoms with E-state index in [-0.39, 0.29) is 6.03 Å². The van der Waals surface area contributed by atoms with E-state index in [1.807, 2.05) is 36.1 Å². The third-order valence-electron chi connectivity index (χ3n) is 3.80. The number of hydrogen-bond donors (Lipinski definition) is 2. The summed E-state index contributed by atoms with van der Waals surface area (Å²) in [6.07, 6.45) is 0. The number of nitrogens with zero attached hydrogens (tertiary/aromatic N) is 3. The SMILES string of the molecule is CCNC(=O)N1CCN(Cc2nc3ccccc3[nH]2)CC1. The Balaban J connectivity index is 1.56. The number of para-hydroxylation sites is 2. The summed E-state index contributed by atoms with van der Waals surface area (Å²) in [5, 5.41) is 2.85. The monoisotopic (exact) mass is 287 g/mol. The summed E-state index contributed by atoms with van der Waals surface area (Å²) < 4.78 is 0. The number of hydrogen-bond acceptors (Lipinski definition) is 3. The number of imidazole rings is 1. The molecule has 6 heteroatoms. The van der Waals surface area contributed by atoms with Gasteiger partial charge in [0.2, 0.25) is 0 Å². The van der Waals surface area contributed by atoms with Crippen LogP contribution in [0.4, 0.5) is 4.79 Å². The number of amides is 2. The zero-order valence-corrected chi connectivity index (χ0v) is 12.3. The van der Waals surface area contributed by atoms with Crippen molar-refractivity contribution >= 4 is 17.1 Å². The summed E-state index contributed by atoms with van der Waals surface area (Å²) in [4.78, 5) is 23.9. The van der Waals surface area contributed by atoms with E-state index in [9.17, 15) is 4.79 Å². The van der Waals surface area contributed by atoms with Gasteiger partial charge in [-0.3, -0.25) is 4.90 Å². The van der Waals surface area contributed by atoms with E-state index >= 15 is 0 Å². The van der Waals surface area contributed by atoms with Crippen molar-refractivity contribution in [1.82, 2.24) is 25.1 Å². The first-order chi connectivity index (χ1) is 10.3. The number of carbonyl (C=O) groups excluding carboxylic acids is 1. The third-order valence-corrected chi connectivity index (χ3v) is 3.80. The molecule has 1 aliphatic rings. The van der Waals surface area contributed by atoms with Crippen LogP contribution in [0.2, 0.25) is 0 Å². The Hall–Kier alpha value is -2.08. The van der Waals surface area contributed by atoms with Crippen LogP contribution in [0.5, 0.6) is 0 Å². The number of aromatic nitrogens is 2. The van der Waals surface area contributed by atoms with Gasteiger partial charge in [0.05, 0.1) is 17.6 Å². The van der Waals surface area contributed by atoms with Crippen LogP contribution in [0, 0.1) is 0 Å². The predicted molar refractivity (Wildman–Crippen MR) is 82.0 cm³/mol. The molecule has 0 spiro atoms. The smallest absolute Gasteiger partial charge is 0.317 e. The lowest BCUT2D eigenvalue weighted by molar-refractivity contribution is 0.134. The molecule has 6 nitrogen and oxygen atoms in total. The molecule has 112 valence electrons. The number of urea groups is 1. The summed E-state index contributed by atoms with van der Waals surface area (Å²) in [5.41, 5.74) is 2.09. The van der Waals surface area contributed by atoms with Crippen molar-refractivity contribution in [2.75, 3.05) is 32.7 Å². The molecule has 1 fully saturated rings. The number of piperazine rings is 1. The number of fused-ring (bicyclic) bond motifs is 1. The maximum atomic E-state index is 11.8. The molecule has 1 aromatic heterocycles. The molecule has 2 N–H and O–H groups in total. The van der Waals surface area contributed by atoms with Crippen LogP contribution >= 0.6 is 0 Å². The minimum absolute atomic E-state index is 0.0425. The van der Waals surface area contributed by atoms with Crippen LogP contribution in [0.1, 0.15) is 12.7 Å². The summed E-state index contributed by atoms with van der Waals surface area (Å²) in [6, 6.07) is 8.11. The molecule has 2 heterocycles. The Labute approximate surface area is 124 Å². The van der Waals surface area contributed by atoms with Crippen molar-refractivity contribution in [3.8, 4) is 0 Å². The van der Waals surface area contributed by atoms with Gasteiger partial charge in [-0.1, -0.05) is 12.1 Å². The van der Waals surface area contributed by atoms with Gasteiger partial charge in [0.1, 0.15) is 5.82 Å². The van der Waals surface area contributed by atoms with Crippen LogP contribution < -0.4 is 5.32 Å². The molecule has 0 unspecified atom stereocenters. The van der Waals surface area contributed by atoms with Crippen LogP contribution in [0.3, 0.4) is 0 Å². The number of rotatable bonds is 3. The zero-order valence-electron chi connectivity index (χ0n) is 12.3. The minimum Gasteiger partial charge on any atom is -0.341 e. The Morgan fingerprint density at radius 1 is 1.29 bits per heavy atom. The Kier molecular flexibility index (Phi) is 4.06. The second-order valence-corrected chi connectivity index (χ2v) is 5.30. The topological polar surface area (TPSA) is 64.3 Å². The van der Waals surface area contributed by atoms with Gasteiger partial charge in [0, 0.05) is 32.7 Å². The summed E-state index contributed by atoms with van der Waals surface area (Å²) in [6.45, 7) is 6.73.